The van der Waals surface area contributed by atoms with Crippen LogP contribution < -0.4 is 0 Å². The van der Waals surface area contributed by atoms with E-state index in [0.717, 1.165) is 0 Å². The van der Waals surface area contributed by atoms with Crippen molar-refractivity contribution in [1.82, 2.24) is 9.80 Å². The third-order valence-electron chi connectivity index (χ3n) is 2.72. The number of aliphatic carboxylic acids is 1. The van der Waals surface area contributed by atoms with E-state index in [2.05, 4.69) is 0 Å². The van der Waals surface area contributed by atoms with Gasteiger partial charge in [0.25, 0.3) is 0 Å². The highest BCUT2D eigenvalue weighted by molar-refractivity contribution is 5.75. The van der Waals surface area contributed by atoms with Crippen molar-refractivity contribution in [2.24, 2.45) is 0 Å². The molecule has 0 bridgehead atoms. The Morgan fingerprint density at radius 2 is 1.95 bits per heavy atom. The Hall–Kier alpha value is -1.34. The van der Waals surface area contributed by atoms with Crippen LogP contribution in [0.15, 0.2) is 0 Å². The number of carboxylic acid groups (broad SMARTS) is 1. The van der Waals surface area contributed by atoms with Crippen molar-refractivity contribution in [2.45, 2.75) is 26.3 Å². The first kappa shape index (κ1) is 17.7. The summed E-state index contributed by atoms with van der Waals surface area (Å²) in [7, 11) is 1.64. The fourth-order valence-electron chi connectivity index (χ4n) is 1.68. The largest absolute Gasteiger partial charge is 0.481 e. The lowest BCUT2D eigenvalue weighted by Crippen LogP contribution is -2.47. The number of carboxylic acids is 1. The molecule has 0 rings (SSSR count). The highest BCUT2D eigenvalue weighted by Gasteiger charge is 2.23. The first-order valence-corrected chi connectivity index (χ1v) is 6.36. The molecule has 0 radical (unpaired) electrons. The van der Waals surface area contributed by atoms with Crippen molar-refractivity contribution in [3.8, 4) is 0 Å². The van der Waals surface area contributed by atoms with Gasteiger partial charge in [-0.1, -0.05) is 0 Å². The number of aliphatic hydroxyl groups excluding tert-OH is 1. The predicted octanol–water partition coefficient (Wildman–Crippen LogP) is 0.232. The standard InChI is InChI=1S/C12H24N2O5/c1-4-14(10(2)9-11(16)17)12(18)13(3)5-7-19-8-6-15/h10,15H,4-9H2,1-3H3,(H,16,17). The molecule has 0 saturated carbocycles. The highest BCUT2D eigenvalue weighted by atomic mass is 16.5. The van der Waals surface area contributed by atoms with E-state index in [4.69, 9.17) is 14.9 Å². The lowest BCUT2D eigenvalue weighted by atomic mass is 10.2. The van der Waals surface area contributed by atoms with E-state index in [-0.39, 0.29) is 31.7 Å². The van der Waals surface area contributed by atoms with E-state index in [1.807, 2.05) is 6.92 Å². The molecule has 7 nitrogen and oxygen atoms in total. The van der Waals surface area contributed by atoms with Crippen molar-refractivity contribution >= 4 is 12.0 Å². The van der Waals surface area contributed by atoms with Crippen molar-refractivity contribution in [3.05, 3.63) is 0 Å². The Morgan fingerprint density at radius 1 is 1.32 bits per heavy atom. The maximum Gasteiger partial charge on any atom is 0.320 e. The van der Waals surface area contributed by atoms with Gasteiger partial charge >= 0.3 is 12.0 Å². The number of aliphatic hydroxyl groups is 1. The molecular formula is C12H24N2O5. The van der Waals surface area contributed by atoms with Gasteiger partial charge in [0.15, 0.2) is 0 Å². The number of amides is 2. The zero-order valence-electron chi connectivity index (χ0n) is 11.8. The van der Waals surface area contributed by atoms with Gasteiger partial charge in [-0.2, -0.15) is 0 Å². The quantitative estimate of drug-likeness (QED) is 0.588. The Kier molecular flexibility index (Phi) is 8.90. The summed E-state index contributed by atoms with van der Waals surface area (Å²) in [5.41, 5.74) is 0. The first-order chi connectivity index (χ1) is 8.93. The number of likely N-dealkylation sites (N-methyl/N-ethyl adjacent to an activating group) is 1. The molecule has 0 aliphatic heterocycles. The van der Waals surface area contributed by atoms with Crippen LogP contribution in [0.5, 0.6) is 0 Å². The highest BCUT2D eigenvalue weighted by Crippen LogP contribution is 2.07. The van der Waals surface area contributed by atoms with Crippen LogP contribution in [-0.4, -0.2) is 78.0 Å². The van der Waals surface area contributed by atoms with Gasteiger partial charge < -0.3 is 24.7 Å². The van der Waals surface area contributed by atoms with Crippen molar-refractivity contribution in [3.63, 3.8) is 0 Å². The zero-order chi connectivity index (χ0) is 14.8. The van der Waals surface area contributed by atoms with Crippen LogP contribution in [-0.2, 0) is 9.53 Å². The van der Waals surface area contributed by atoms with Crippen LogP contribution in [0.25, 0.3) is 0 Å². The molecule has 112 valence electrons. The van der Waals surface area contributed by atoms with Crippen LogP contribution in [0.1, 0.15) is 20.3 Å². The minimum atomic E-state index is -0.923. The molecule has 2 N–H and O–H groups in total. The Labute approximate surface area is 113 Å². The summed E-state index contributed by atoms with van der Waals surface area (Å²) in [4.78, 5) is 25.8. The van der Waals surface area contributed by atoms with Gasteiger partial charge in [-0.25, -0.2) is 4.79 Å². The molecule has 0 aromatic heterocycles. The topological polar surface area (TPSA) is 90.3 Å². The number of hydrogen-bond acceptors (Lipinski definition) is 4. The van der Waals surface area contributed by atoms with Gasteiger partial charge in [-0.05, 0) is 13.8 Å². The van der Waals surface area contributed by atoms with E-state index in [1.54, 1.807) is 14.0 Å². The van der Waals surface area contributed by atoms with Crippen LogP contribution >= 0.6 is 0 Å². The van der Waals surface area contributed by atoms with Crippen molar-refractivity contribution in [2.75, 3.05) is 40.0 Å². The molecule has 0 aliphatic carbocycles. The molecule has 0 spiro atoms. The second-order valence-electron chi connectivity index (χ2n) is 4.27. The molecule has 1 atom stereocenters. The average molecular weight is 276 g/mol. The number of urea groups is 1. The van der Waals surface area contributed by atoms with Crippen LogP contribution in [0, 0.1) is 0 Å². The molecule has 1 unspecified atom stereocenters. The molecule has 0 saturated heterocycles. The maximum absolute atomic E-state index is 12.1. The molecule has 7 heteroatoms. The summed E-state index contributed by atoms with van der Waals surface area (Å²) in [5, 5.41) is 17.3. The molecule has 0 heterocycles. The summed E-state index contributed by atoms with van der Waals surface area (Å²) < 4.78 is 5.09. The molecule has 0 fully saturated rings. The van der Waals surface area contributed by atoms with Crippen molar-refractivity contribution < 1.29 is 24.5 Å². The Balaban J connectivity index is 4.28. The molecule has 0 aromatic rings. The van der Waals surface area contributed by atoms with E-state index < -0.39 is 5.97 Å². The maximum atomic E-state index is 12.1. The number of rotatable bonds is 9. The Bertz CT molecular complexity index is 285. The fourth-order valence-corrected chi connectivity index (χ4v) is 1.68. The zero-order valence-corrected chi connectivity index (χ0v) is 11.8. The molecule has 2 amide bonds. The summed E-state index contributed by atoms with van der Waals surface area (Å²) in [6.45, 7) is 4.92. The van der Waals surface area contributed by atoms with Gasteiger partial charge in [0.1, 0.15) is 0 Å². The van der Waals surface area contributed by atoms with E-state index in [0.29, 0.717) is 19.7 Å². The number of nitrogens with zero attached hydrogens (tertiary/aromatic N) is 2. The van der Waals surface area contributed by atoms with E-state index >= 15 is 0 Å². The summed E-state index contributed by atoms with van der Waals surface area (Å²) >= 11 is 0. The number of ether oxygens (including phenoxy) is 1. The van der Waals surface area contributed by atoms with E-state index in [1.165, 1.54) is 9.80 Å². The minimum Gasteiger partial charge on any atom is -0.481 e. The molecule has 0 aliphatic rings. The summed E-state index contributed by atoms with van der Waals surface area (Å²) in [6, 6.07) is -0.570. The number of carbonyl (C=O) groups excluding carboxylic acids is 1. The SMILES string of the molecule is CCN(C(=O)N(C)CCOCCO)C(C)CC(=O)O. The second kappa shape index (κ2) is 9.57. The van der Waals surface area contributed by atoms with Gasteiger partial charge in [0.2, 0.25) is 0 Å². The smallest absolute Gasteiger partial charge is 0.320 e. The number of carbonyl (C=O) groups is 2. The van der Waals surface area contributed by atoms with Crippen LogP contribution in [0.2, 0.25) is 0 Å². The predicted molar refractivity (Wildman–Crippen MR) is 70.0 cm³/mol. The average Bonchev–Trinajstić information content (AvgIpc) is 2.34. The first-order valence-electron chi connectivity index (χ1n) is 6.36. The fraction of sp³-hybridized carbons (Fsp3) is 0.833. The monoisotopic (exact) mass is 276 g/mol. The van der Waals surface area contributed by atoms with Gasteiger partial charge in [-0.15, -0.1) is 0 Å². The second-order valence-corrected chi connectivity index (χ2v) is 4.27. The lowest BCUT2D eigenvalue weighted by molar-refractivity contribution is -0.138. The Morgan fingerprint density at radius 3 is 2.42 bits per heavy atom. The summed E-state index contributed by atoms with van der Waals surface area (Å²) in [6.07, 6.45) is -0.0750. The molecule has 19 heavy (non-hydrogen) atoms. The van der Waals surface area contributed by atoms with Gasteiger partial charge in [0.05, 0.1) is 26.2 Å². The molecule has 0 aromatic carbocycles. The van der Waals surface area contributed by atoms with Crippen LogP contribution in [0.3, 0.4) is 0 Å². The normalized spacial score (nSPS) is 12.0. The van der Waals surface area contributed by atoms with Crippen molar-refractivity contribution in [1.29, 1.82) is 0 Å². The van der Waals surface area contributed by atoms with Crippen LogP contribution in [0.4, 0.5) is 4.79 Å². The minimum absolute atomic E-state index is 0.0472. The van der Waals surface area contributed by atoms with Gasteiger partial charge in [-0.3, -0.25) is 4.79 Å². The third kappa shape index (κ3) is 6.97. The number of hydrogen-bond donors (Lipinski definition) is 2. The molecular weight excluding hydrogens is 252 g/mol. The summed E-state index contributed by atoms with van der Waals surface area (Å²) in [5.74, 6) is -0.923. The van der Waals surface area contributed by atoms with E-state index in [9.17, 15) is 9.59 Å². The third-order valence-corrected chi connectivity index (χ3v) is 2.72. The lowest BCUT2D eigenvalue weighted by Gasteiger charge is -2.31. The van der Waals surface area contributed by atoms with Gasteiger partial charge in [0, 0.05) is 26.2 Å².